The van der Waals surface area contributed by atoms with Crippen molar-refractivity contribution < 1.29 is 0 Å². The number of hydrogen-bond donors (Lipinski definition) is 0. The highest BCUT2D eigenvalue weighted by molar-refractivity contribution is 7.99. The summed E-state index contributed by atoms with van der Waals surface area (Å²) in [6.07, 6.45) is 3.89. The van der Waals surface area contributed by atoms with Crippen LogP contribution >= 0.6 is 35.1 Å². The Labute approximate surface area is 79.2 Å². The number of nitrogens with zero attached hydrogens (tertiary/aromatic N) is 2. The lowest BCUT2D eigenvalue weighted by Gasteiger charge is -1.98. The lowest BCUT2D eigenvalue weighted by atomic mass is 10.7. The largest absolute Gasteiger partial charge is 0.216 e. The molecule has 0 spiro atoms. The second-order valence-corrected chi connectivity index (χ2v) is 3.71. The van der Waals surface area contributed by atoms with Gasteiger partial charge in [0, 0.05) is 6.07 Å². The Bertz CT molecular complexity index is 232. The van der Waals surface area contributed by atoms with Crippen molar-refractivity contribution in [3.8, 4) is 0 Å². The molecule has 0 aromatic carbocycles. The molecule has 0 radical (unpaired) electrons. The second-order valence-electron chi connectivity index (χ2n) is 1.72. The molecule has 0 aliphatic heterocycles. The van der Waals surface area contributed by atoms with Crippen molar-refractivity contribution in [2.24, 2.45) is 0 Å². The minimum atomic E-state index is 0.508. The van der Waals surface area contributed by atoms with Crippen LogP contribution in [0.3, 0.4) is 0 Å². The maximum absolute atomic E-state index is 5.73. The molecule has 1 rings (SSSR count). The summed E-state index contributed by atoms with van der Waals surface area (Å²) in [7, 11) is 0. The molecular weight excluding hydrogens is 200 g/mol. The normalized spacial score (nSPS) is 10.1. The number of hydrogen-bond acceptors (Lipinski definition) is 4. The van der Waals surface area contributed by atoms with Crippen molar-refractivity contribution in [1.29, 1.82) is 0 Å². The van der Waals surface area contributed by atoms with Gasteiger partial charge >= 0.3 is 0 Å². The molecule has 0 saturated carbocycles. The third kappa shape index (κ3) is 2.54. The summed E-state index contributed by atoms with van der Waals surface area (Å²) in [5.74, 6) is 0. The van der Waals surface area contributed by atoms with Crippen LogP contribution in [0.15, 0.2) is 16.2 Å². The molecule has 0 saturated heterocycles. The highest BCUT2D eigenvalue weighted by atomic mass is 35.5. The van der Waals surface area contributed by atoms with Crippen LogP contribution in [-0.4, -0.2) is 22.5 Å². The van der Waals surface area contributed by atoms with E-state index in [-0.39, 0.29) is 0 Å². The Morgan fingerprint density at radius 1 is 1.27 bits per heavy atom. The molecule has 0 aliphatic rings. The Morgan fingerprint density at radius 3 is 2.55 bits per heavy atom. The van der Waals surface area contributed by atoms with E-state index in [2.05, 4.69) is 9.97 Å². The van der Waals surface area contributed by atoms with Crippen molar-refractivity contribution in [1.82, 2.24) is 9.97 Å². The van der Waals surface area contributed by atoms with Crippen LogP contribution in [0.25, 0.3) is 0 Å². The zero-order valence-electron chi connectivity index (χ0n) is 6.17. The molecule has 60 valence electrons. The molecule has 0 atom stereocenters. The average Bonchev–Trinajstić information content (AvgIpc) is 2.03. The van der Waals surface area contributed by atoms with Crippen LogP contribution in [0.2, 0.25) is 5.15 Å². The van der Waals surface area contributed by atoms with Gasteiger partial charge in [0.15, 0.2) is 5.16 Å². The van der Waals surface area contributed by atoms with Crippen LogP contribution in [0.1, 0.15) is 0 Å². The molecule has 5 heteroatoms. The van der Waals surface area contributed by atoms with E-state index in [0.717, 1.165) is 10.2 Å². The van der Waals surface area contributed by atoms with E-state index in [1.54, 1.807) is 17.8 Å². The average molecular weight is 207 g/mol. The van der Waals surface area contributed by atoms with Crippen LogP contribution in [0.4, 0.5) is 0 Å². The first kappa shape index (κ1) is 9.16. The lowest BCUT2D eigenvalue weighted by molar-refractivity contribution is 0.895. The maximum atomic E-state index is 5.73. The first-order valence-corrected chi connectivity index (χ1v) is 5.71. The molecule has 0 aliphatic carbocycles. The van der Waals surface area contributed by atoms with Gasteiger partial charge in [-0.3, -0.25) is 0 Å². The summed E-state index contributed by atoms with van der Waals surface area (Å²) in [5, 5.41) is 2.14. The number of halogens is 1. The Balaban J connectivity index is 3.02. The number of rotatable bonds is 2. The summed E-state index contributed by atoms with van der Waals surface area (Å²) in [5.41, 5.74) is 0. The fourth-order valence-electron chi connectivity index (χ4n) is 0.573. The van der Waals surface area contributed by atoms with Gasteiger partial charge in [0.25, 0.3) is 0 Å². The topological polar surface area (TPSA) is 25.8 Å². The van der Waals surface area contributed by atoms with Crippen molar-refractivity contribution >= 4 is 35.1 Å². The minimum Gasteiger partial charge on any atom is -0.216 e. The highest BCUT2D eigenvalue weighted by Gasteiger charge is 1.99. The lowest BCUT2D eigenvalue weighted by Crippen LogP contribution is -1.87. The molecule has 0 unspecified atom stereocenters. The summed E-state index contributed by atoms with van der Waals surface area (Å²) in [6.45, 7) is 0. The van der Waals surface area contributed by atoms with E-state index in [9.17, 15) is 0 Å². The van der Waals surface area contributed by atoms with Crippen molar-refractivity contribution in [3.05, 3.63) is 11.2 Å². The quantitative estimate of drug-likeness (QED) is 0.422. The molecule has 1 heterocycles. The summed E-state index contributed by atoms with van der Waals surface area (Å²) in [6, 6.07) is 1.76. The van der Waals surface area contributed by atoms with E-state index >= 15 is 0 Å². The summed E-state index contributed by atoms with van der Waals surface area (Å²) in [4.78, 5) is 8.21. The molecule has 0 N–H and O–H groups in total. The van der Waals surface area contributed by atoms with E-state index in [4.69, 9.17) is 11.6 Å². The van der Waals surface area contributed by atoms with Gasteiger partial charge < -0.3 is 0 Å². The van der Waals surface area contributed by atoms with Crippen LogP contribution in [0, 0.1) is 0 Å². The predicted molar refractivity (Wildman–Crippen MR) is 50.6 cm³/mol. The van der Waals surface area contributed by atoms with Gasteiger partial charge in [-0.15, -0.1) is 11.8 Å². The van der Waals surface area contributed by atoms with Gasteiger partial charge in [0.1, 0.15) is 10.2 Å². The molecule has 11 heavy (non-hydrogen) atoms. The van der Waals surface area contributed by atoms with Crippen LogP contribution in [0.5, 0.6) is 0 Å². The van der Waals surface area contributed by atoms with Crippen molar-refractivity contribution in [2.75, 3.05) is 12.5 Å². The molecule has 1 aromatic rings. The van der Waals surface area contributed by atoms with E-state index in [1.165, 1.54) is 11.8 Å². The molecule has 0 amide bonds. The first-order chi connectivity index (χ1) is 5.26. The zero-order chi connectivity index (χ0) is 8.27. The minimum absolute atomic E-state index is 0.508. The molecule has 0 fully saturated rings. The number of aromatic nitrogens is 2. The van der Waals surface area contributed by atoms with Crippen LogP contribution in [-0.2, 0) is 0 Å². The number of thioether (sulfide) groups is 2. The van der Waals surface area contributed by atoms with Crippen molar-refractivity contribution in [3.63, 3.8) is 0 Å². The summed E-state index contributed by atoms with van der Waals surface area (Å²) < 4.78 is 0. The monoisotopic (exact) mass is 206 g/mol. The van der Waals surface area contributed by atoms with Gasteiger partial charge in [-0.05, 0) is 12.5 Å². The fraction of sp³-hybridized carbons (Fsp3) is 0.333. The molecular formula is C6H7ClN2S2. The Morgan fingerprint density at radius 2 is 2.00 bits per heavy atom. The van der Waals surface area contributed by atoms with Gasteiger partial charge in [0.05, 0.1) is 0 Å². The van der Waals surface area contributed by atoms with Crippen molar-refractivity contribution in [2.45, 2.75) is 10.2 Å². The third-order valence-corrected chi connectivity index (χ3v) is 2.41. The molecule has 1 aromatic heterocycles. The Kier molecular flexibility index (Phi) is 3.48. The first-order valence-electron chi connectivity index (χ1n) is 2.89. The van der Waals surface area contributed by atoms with Gasteiger partial charge in [-0.25, -0.2) is 9.97 Å². The predicted octanol–water partition coefficient (Wildman–Crippen LogP) is 2.57. The van der Waals surface area contributed by atoms with E-state index in [1.807, 2.05) is 12.5 Å². The van der Waals surface area contributed by atoms with E-state index < -0.39 is 0 Å². The smallest absolute Gasteiger partial charge is 0.189 e. The molecule has 2 nitrogen and oxygen atoms in total. The SMILES string of the molecule is CSc1cc(Cl)nc(SC)n1. The maximum Gasteiger partial charge on any atom is 0.189 e. The Hall–Kier alpha value is 0.0700. The van der Waals surface area contributed by atoms with Gasteiger partial charge in [-0.1, -0.05) is 23.4 Å². The zero-order valence-corrected chi connectivity index (χ0v) is 8.56. The molecule has 0 bridgehead atoms. The van der Waals surface area contributed by atoms with Gasteiger partial charge in [0.2, 0.25) is 0 Å². The summed E-state index contributed by atoms with van der Waals surface area (Å²) >= 11 is 8.79. The van der Waals surface area contributed by atoms with Gasteiger partial charge in [-0.2, -0.15) is 0 Å². The third-order valence-electron chi connectivity index (χ3n) is 1.04. The standard InChI is InChI=1S/C6H7ClN2S2/c1-10-5-3-4(7)8-6(9-5)11-2/h3H,1-2H3. The van der Waals surface area contributed by atoms with Crippen LogP contribution < -0.4 is 0 Å². The van der Waals surface area contributed by atoms with E-state index in [0.29, 0.717) is 5.15 Å². The fourth-order valence-corrected chi connectivity index (χ4v) is 1.72. The second kappa shape index (κ2) is 4.18. The highest BCUT2D eigenvalue weighted by Crippen LogP contribution is 2.19.